The van der Waals surface area contributed by atoms with Gasteiger partial charge in [0.2, 0.25) is 0 Å². The Morgan fingerprint density at radius 2 is 1.06 bits per heavy atom. The molecule has 2 nitrogen and oxygen atoms in total. The van der Waals surface area contributed by atoms with Gasteiger partial charge in [0, 0.05) is 0 Å². The van der Waals surface area contributed by atoms with Crippen molar-refractivity contribution in [1.29, 1.82) is 0 Å². The molecule has 1 fully saturated rings. The lowest BCUT2D eigenvalue weighted by molar-refractivity contribution is -0.420. The predicted octanol–water partition coefficient (Wildman–Crippen LogP) is 3.21. The van der Waals surface area contributed by atoms with Gasteiger partial charge in [-0.2, -0.15) is 48.3 Å². The normalized spacial score (nSPS) is 25.2. The van der Waals surface area contributed by atoms with Gasteiger partial charge in [0.15, 0.2) is 0 Å². The highest BCUT2D eigenvalue weighted by Crippen LogP contribution is 2.59. The fourth-order valence-electron chi connectivity index (χ4n) is 0.805. The number of rotatable bonds is 3. The Balaban J connectivity index is 3.14. The first-order valence-electron chi connectivity index (χ1n) is 3.66. The molecule has 0 amide bonds. The second kappa shape index (κ2) is 3.37. The monoisotopic (exact) mass is 299 g/mol. The van der Waals surface area contributed by atoms with Crippen LogP contribution in [0.15, 0.2) is 0 Å². The highest BCUT2D eigenvalue weighted by Gasteiger charge is 2.89. The summed E-state index contributed by atoms with van der Waals surface area (Å²) in [6.07, 6.45) is -12.1. The zero-order valence-corrected chi connectivity index (χ0v) is 7.51. The van der Waals surface area contributed by atoms with Crippen molar-refractivity contribution in [1.82, 2.24) is 5.06 Å². The van der Waals surface area contributed by atoms with Crippen LogP contribution >= 0.6 is 0 Å². The lowest BCUT2D eigenvalue weighted by Crippen LogP contribution is -2.63. The van der Waals surface area contributed by atoms with Crippen LogP contribution in [0.1, 0.15) is 0 Å². The lowest BCUT2D eigenvalue weighted by atomic mass is 10.1. The van der Waals surface area contributed by atoms with E-state index in [2.05, 4.69) is 4.84 Å². The zero-order chi connectivity index (χ0) is 14.8. The molecular formula is C5F11NO. The largest absolute Gasteiger partial charge is 0.469 e. The van der Waals surface area contributed by atoms with Crippen molar-refractivity contribution in [3.8, 4) is 0 Å². The standard InChI is InChI=1S/C5F11NO/c6-1(7,3(10,11)12)2(8,9)4(13,14)17-5(15,16)18-17. The van der Waals surface area contributed by atoms with Crippen LogP contribution < -0.4 is 0 Å². The molecule has 13 heteroatoms. The van der Waals surface area contributed by atoms with Gasteiger partial charge in [-0.1, -0.05) is 0 Å². The molecule has 1 rings (SSSR count). The van der Waals surface area contributed by atoms with Crippen molar-refractivity contribution in [2.75, 3.05) is 0 Å². The van der Waals surface area contributed by atoms with E-state index in [9.17, 15) is 48.3 Å². The molecule has 0 radical (unpaired) electrons. The second-order valence-corrected chi connectivity index (χ2v) is 3.06. The predicted molar refractivity (Wildman–Crippen MR) is 28.8 cm³/mol. The molecule has 1 unspecified atom stereocenters. The molecule has 1 aliphatic heterocycles. The molecule has 0 saturated carbocycles. The van der Waals surface area contributed by atoms with E-state index in [1.807, 2.05) is 0 Å². The summed E-state index contributed by atoms with van der Waals surface area (Å²) in [5, 5.41) is -2.24. The molecule has 0 bridgehead atoms. The zero-order valence-electron chi connectivity index (χ0n) is 7.51. The van der Waals surface area contributed by atoms with Crippen LogP contribution in [0.5, 0.6) is 0 Å². The number of alkyl halides is 11. The number of hydrogen-bond donors (Lipinski definition) is 0. The minimum Gasteiger partial charge on any atom is -0.200 e. The molecule has 1 atom stereocenters. The van der Waals surface area contributed by atoms with Gasteiger partial charge in [-0.3, -0.25) is 0 Å². The first-order chi connectivity index (χ1) is 7.59. The van der Waals surface area contributed by atoms with E-state index in [1.54, 1.807) is 0 Å². The maximum Gasteiger partial charge on any atom is 0.469 e. The molecule has 0 aromatic heterocycles. The van der Waals surface area contributed by atoms with Crippen molar-refractivity contribution in [3.05, 3.63) is 0 Å². The van der Waals surface area contributed by atoms with Crippen LogP contribution in [-0.4, -0.2) is 35.4 Å². The summed E-state index contributed by atoms with van der Waals surface area (Å²) in [6.45, 7) is 0. The molecule has 0 aromatic carbocycles. The average Bonchev–Trinajstić information content (AvgIpc) is 2.73. The highest BCUT2D eigenvalue weighted by molar-refractivity contribution is 5.00. The molecule has 1 heterocycles. The van der Waals surface area contributed by atoms with Gasteiger partial charge < -0.3 is 0 Å². The lowest BCUT2D eigenvalue weighted by Gasteiger charge is -2.32. The molecule has 1 saturated heterocycles. The Morgan fingerprint density at radius 1 is 0.722 bits per heavy atom. The van der Waals surface area contributed by atoms with E-state index in [-0.39, 0.29) is 0 Å². The van der Waals surface area contributed by atoms with Crippen LogP contribution in [0.2, 0.25) is 0 Å². The Kier molecular flexibility index (Phi) is 2.85. The summed E-state index contributed by atoms with van der Waals surface area (Å²) in [5.41, 5.74) is 0. The van der Waals surface area contributed by atoms with Gasteiger partial charge in [-0.05, 0) is 5.06 Å². The second-order valence-electron chi connectivity index (χ2n) is 3.06. The minimum atomic E-state index is -7.23. The van der Waals surface area contributed by atoms with E-state index in [0.717, 1.165) is 0 Å². The Bertz CT molecular complexity index is 346. The third-order valence-corrected chi connectivity index (χ3v) is 1.79. The fraction of sp³-hybridized carbons (Fsp3) is 1.00. The minimum absolute atomic E-state index is 2.24. The third kappa shape index (κ3) is 1.79. The van der Waals surface area contributed by atoms with Gasteiger partial charge >= 0.3 is 30.3 Å². The first-order valence-corrected chi connectivity index (χ1v) is 3.66. The molecule has 18 heavy (non-hydrogen) atoms. The van der Waals surface area contributed by atoms with Gasteiger partial charge in [-0.15, -0.1) is 0 Å². The van der Waals surface area contributed by atoms with Crippen LogP contribution in [0.3, 0.4) is 0 Å². The summed E-state index contributed by atoms with van der Waals surface area (Å²) in [5.74, 6) is -14.4. The van der Waals surface area contributed by atoms with E-state index in [0.29, 0.717) is 0 Å². The van der Waals surface area contributed by atoms with Gasteiger partial charge in [0.05, 0.1) is 0 Å². The molecule has 0 N–H and O–H groups in total. The summed E-state index contributed by atoms with van der Waals surface area (Å²) < 4.78 is 133. The van der Waals surface area contributed by atoms with Crippen LogP contribution in [0.4, 0.5) is 48.3 Å². The fourth-order valence-corrected chi connectivity index (χ4v) is 0.805. The molecule has 0 aromatic rings. The molecular weight excluding hydrogens is 299 g/mol. The smallest absolute Gasteiger partial charge is 0.200 e. The van der Waals surface area contributed by atoms with Crippen molar-refractivity contribution in [3.63, 3.8) is 0 Å². The quantitative estimate of drug-likeness (QED) is 0.452. The Hall–Kier alpha value is -0.850. The molecule has 0 aliphatic carbocycles. The van der Waals surface area contributed by atoms with E-state index in [1.165, 1.54) is 0 Å². The summed E-state index contributed by atoms with van der Waals surface area (Å²) in [4.78, 5) is 2.53. The van der Waals surface area contributed by atoms with Crippen LogP contribution in [0, 0.1) is 0 Å². The Labute approximate surface area is 89.8 Å². The van der Waals surface area contributed by atoms with Crippen molar-refractivity contribution in [2.24, 2.45) is 0 Å². The Morgan fingerprint density at radius 3 is 1.28 bits per heavy atom. The van der Waals surface area contributed by atoms with Crippen molar-refractivity contribution < 1.29 is 53.1 Å². The van der Waals surface area contributed by atoms with Crippen molar-refractivity contribution in [2.45, 2.75) is 30.3 Å². The van der Waals surface area contributed by atoms with Crippen molar-refractivity contribution >= 4 is 0 Å². The van der Waals surface area contributed by atoms with Crippen LogP contribution in [-0.2, 0) is 4.84 Å². The number of hydrogen-bond acceptors (Lipinski definition) is 2. The van der Waals surface area contributed by atoms with E-state index in [4.69, 9.17) is 0 Å². The SMILES string of the molecule is FC1(F)ON1C(F)(F)C(F)(F)C(F)(F)C(F)(F)F. The van der Waals surface area contributed by atoms with E-state index >= 15 is 0 Å². The van der Waals surface area contributed by atoms with Gasteiger partial charge in [0.25, 0.3) is 0 Å². The maximum atomic E-state index is 12.5. The summed E-state index contributed by atoms with van der Waals surface area (Å²) in [7, 11) is 0. The molecule has 1 aliphatic rings. The van der Waals surface area contributed by atoms with E-state index < -0.39 is 35.4 Å². The van der Waals surface area contributed by atoms with Gasteiger partial charge in [-0.25, -0.2) is 4.84 Å². The van der Waals surface area contributed by atoms with Gasteiger partial charge in [0.1, 0.15) is 0 Å². The van der Waals surface area contributed by atoms with Crippen LogP contribution in [0.25, 0.3) is 0 Å². The summed E-state index contributed by atoms with van der Waals surface area (Å²) >= 11 is 0. The topological polar surface area (TPSA) is 15.5 Å². The maximum absolute atomic E-state index is 12.5. The average molecular weight is 299 g/mol. The summed E-state index contributed by atoms with van der Waals surface area (Å²) in [6, 6.07) is -6.56. The first kappa shape index (κ1) is 15.2. The number of halogens is 11. The molecule has 0 spiro atoms. The third-order valence-electron chi connectivity index (χ3n) is 1.79. The number of nitrogens with zero attached hydrogens (tertiary/aromatic N) is 1. The number of hydroxylamine groups is 2. The highest BCUT2D eigenvalue weighted by atomic mass is 19.4. The molecule has 108 valence electrons.